The Labute approximate surface area is 187 Å². The van der Waals surface area contributed by atoms with Gasteiger partial charge in [-0.15, -0.1) is 0 Å². The second-order valence-corrected chi connectivity index (χ2v) is 7.63. The van der Waals surface area contributed by atoms with Crippen molar-refractivity contribution < 1.29 is 13.6 Å². The Morgan fingerprint density at radius 1 is 0.781 bits per heavy atom. The summed E-state index contributed by atoms with van der Waals surface area (Å²) in [6, 6.07) is 26.6. The number of hydrogen-bond acceptors (Lipinski definition) is 4. The topological polar surface area (TPSA) is 72.5 Å². The molecule has 5 aromatic rings. The maximum Gasteiger partial charge on any atom is 0.344 e. The number of fused-ring (bicyclic) bond motifs is 1. The molecular formula is C26H16ClNO4. The Bertz CT molecular complexity index is 1520. The Morgan fingerprint density at radius 2 is 1.59 bits per heavy atom. The van der Waals surface area contributed by atoms with Crippen LogP contribution in [0.1, 0.15) is 10.6 Å². The van der Waals surface area contributed by atoms with E-state index in [0.29, 0.717) is 33.2 Å². The highest BCUT2D eigenvalue weighted by Gasteiger charge is 2.14. The average Bonchev–Trinajstić information content (AvgIpc) is 3.29. The van der Waals surface area contributed by atoms with Gasteiger partial charge in [0.05, 0.1) is 5.56 Å². The average molecular weight is 442 g/mol. The van der Waals surface area contributed by atoms with E-state index in [4.69, 9.17) is 20.4 Å². The van der Waals surface area contributed by atoms with Crippen LogP contribution in [-0.2, 0) is 0 Å². The van der Waals surface area contributed by atoms with Gasteiger partial charge in [-0.2, -0.15) is 0 Å². The zero-order chi connectivity index (χ0) is 22.1. The van der Waals surface area contributed by atoms with Crippen molar-refractivity contribution in [1.29, 1.82) is 0 Å². The Kier molecular flexibility index (Phi) is 5.09. The zero-order valence-electron chi connectivity index (χ0n) is 16.7. The van der Waals surface area contributed by atoms with E-state index >= 15 is 0 Å². The summed E-state index contributed by atoms with van der Waals surface area (Å²) in [6.07, 6.45) is 0. The van der Waals surface area contributed by atoms with Crippen molar-refractivity contribution in [2.75, 3.05) is 5.32 Å². The highest BCUT2D eigenvalue weighted by Crippen LogP contribution is 2.26. The predicted molar refractivity (Wildman–Crippen MR) is 125 cm³/mol. The standard InChI is InChI=1S/C26H16ClNO4/c27-19-8-3-7-17(13-19)23-11-12-24(31-23)25(29)28-20-9-4-6-16(14-20)21-15-18-5-1-2-10-22(18)32-26(21)30/h1-15H,(H,28,29). The zero-order valence-corrected chi connectivity index (χ0v) is 17.4. The van der Waals surface area contributed by atoms with Gasteiger partial charge in [-0.3, -0.25) is 4.79 Å². The van der Waals surface area contributed by atoms with Crippen molar-refractivity contribution >= 4 is 34.2 Å². The third kappa shape index (κ3) is 3.94. The van der Waals surface area contributed by atoms with E-state index in [-0.39, 0.29) is 5.76 Å². The summed E-state index contributed by atoms with van der Waals surface area (Å²) in [6.45, 7) is 0. The third-order valence-electron chi connectivity index (χ3n) is 5.01. The molecule has 0 saturated carbocycles. The van der Waals surface area contributed by atoms with Crippen LogP contribution in [0.4, 0.5) is 5.69 Å². The number of carbonyl (C=O) groups excluding carboxylic acids is 1. The molecule has 0 aliphatic heterocycles. The molecule has 0 unspecified atom stereocenters. The van der Waals surface area contributed by atoms with E-state index in [1.165, 1.54) is 0 Å². The molecule has 5 nitrogen and oxygen atoms in total. The van der Waals surface area contributed by atoms with Crippen LogP contribution < -0.4 is 10.9 Å². The third-order valence-corrected chi connectivity index (χ3v) is 5.25. The van der Waals surface area contributed by atoms with E-state index in [1.807, 2.05) is 30.3 Å². The molecular weight excluding hydrogens is 426 g/mol. The van der Waals surface area contributed by atoms with Crippen molar-refractivity contribution in [2.45, 2.75) is 0 Å². The van der Waals surface area contributed by atoms with Gasteiger partial charge >= 0.3 is 5.63 Å². The molecule has 6 heteroatoms. The first-order valence-electron chi connectivity index (χ1n) is 9.87. The van der Waals surface area contributed by atoms with Crippen LogP contribution in [0.3, 0.4) is 0 Å². The monoisotopic (exact) mass is 441 g/mol. The smallest absolute Gasteiger partial charge is 0.344 e. The Morgan fingerprint density at radius 3 is 2.47 bits per heavy atom. The van der Waals surface area contributed by atoms with Crippen LogP contribution in [-0.4, -0.2) is 5.91 Å². The first-order chi connectivity index (χ1) is 15.6. The van der Waals surface area contributed by atoms with E-state index in [9.17, 15) is 9.59 Å². The molecule has 0 radical (unpaired) electrons. The Hall–Kier alpha value is -4.09. The van der Waals surface area contributed by atoms with E-state index in [0.717, 1.165) is 10.9 Å². The molecule has 2 aromatic heterocycles. The van der Waals surface area contributed by atoms with Gasteiger partial charge in [0.1, 0.15) is 11.3 Å². The van der Waals surface area contributed by atoms with Gasteiger partial charge in [0.2, 0.25) is 0 Å². The highest BCUT2D eigenvalue weighted by atomic mass is 35.5. The summed E-state index contributed by atoms with van der Waals surface area (Å²) in [5.41, 5.74) is 2.45. The van der Waals surface area contributed by atoms with Gasteiger partial charge in [-0.05, 0) is 54.1 Å². The summed E-state index contributed by atoms with van der Waals surface area (Å²) >= 11 is 6.03. The lowest BCUT2D eigenvalue weighted by molar-refractivity contribution is 0.0997. The molecule has 0 aliphatic rings. The minimum Gasteiger partial charge on any atom is -0.451 e. The van der Waals surface area contributed by atoms with Crippen molar-refractivity contribution in [2.24, 2.45) is 0 Å². The van der Waals surface area contributed by atoms with Crippen molar-refractivity contribution in [3.05, 3.63) is 112 Å². The first-order valence-corrected chi connectivity index (χ1v) is 10.2. The predicted octanol–water partition coefficient (Wildman–Crippen LogP) is 6.63. The van der Waals surface area contributed by atoms with Gasteiger partial charge in [-0.25, -0.2) is 4.79 Å². The molecule has 0 atom stereocenters. The molecule has 3 aromatic carbocycles. The highest BCUT2D eigenvalue weighted by molar-refractivity contribution is 6.30. The minimum atomic E-state index is -0.440. The lowest BCUT2D eigenvalue weighted by Crippen LogP contribution is -2.11. The largest absolute Gasteiger partial charge is 0.451 e. The molecule has 2 heterocycles. The van der Waals surface area contributed by atoms with E-state index < -0.39 is 11.5 Å². The molecule has 156 valence electrons. The summed E-state index contributed by atoms with van der Waals surface area (Å²) < 4.78 is 11.1. The van der Waals surface area contributed by atoms with Crippen molar-refractivity contribution in [3.63, 3.8) is 0 Å². The number of rotatable bonds is 4. The first kappa shape index (κ1) is 19.8. The second kappa shape index (κ2) is 8.21. The van der Waals surface area contributed by atoms with Crippen LogP contribution in [0.2, 0.25) is 5.02 Å². The molecule has 0 fully saturated rings. The molecule has 1 N–H and O–H groups in total. The molecule has 0 spiro atoms. The van der Waals surface area contributed by atoms with Crippen LogP contribution in [0.15, 0.2) is 105 Å². The second-order valence-electron chi connectivity index (χ2n) is 7.19. The van der Waals surface area contributed by atoms with E-state index in [2.05, 4.69) is 5.32 Å². The van der Waals surface area contributed by atoms with Gasteiger partial charge in [-0.1, -0.05) is 54.1 Å². The van der Waals surface area contributed by atoms with Crippen molar-refractivity contribution in [1.82, 2.24) is 0 Å². The lowest BCUT2D eigenvalue weighted by atomic mass is 10.1. The summed E-state index contributed by atoms with van der Waals surface area (Å²) in [4.78, 5) is 25.2. The fraction of sp³-hybridized carbons (Fsp3) is 0. The molecule has 0 saturated heterocycles. The number of furan rings is 1. The van der Waals surface area contributed by atoms with Crippen LogP contribution in [0.25, 0.3) is 33.4 Å². The van der Waals surface area contributed by atoms with Crippen LogP contribution in [0.5, 0.6) is 0 Å². The number of para-hydroxylation sites is 1. The summed E-state index contributed by atoms with van der Waals surface area (Å²) in [5.74, 6) is 0.303. The van der Waals surface area contributed by atoms with Gasteiger partial charge in [0.25, 0.3) is 5.91 Å². The maximum absolute atomic E-state index is 12.7. The SMILES string of the molecule is O=C(Nc1cccc(-c2cc3ccccc3oc2=O)c1)c1ccc(-c2cccc(Cl)c2)o1. The summed E-state index contributed by atoms with van der Waals surface area (Å²) in [7, 11) is 0. The number of amides is 1. The quantitative estimate of drug-likeness (QED) is 0.318. The maximum atomic E-state index is 12.7. The van der Waals surface area contributed by atoms with Crippen molar-refractivity contribution in [3.8, 4) is 22.5 Å². The van der Waals surface area contributed by atoms with Crippen LogP contribution >= 0.6 is 11.6 Å². The number of carbonyl (C=O) groups is 1. The normalized spacial score (nSPS) is 10.9. The number of anilines is 1. The minimum absolute atomic E-state index is 0.163. The molecule has 32 heavy (non-hydrogen) atoms. The number of benzene rings is 3. The van der Waals surface area contributed by atoms with Gasteiger partial charge in [0, 0.05) is 21.7 Å². The summed E-state index contributed by atoms with van der Waals surface area (Å²) in [5, 5.41) is 4.21. The lowest BCUT2D eigenvalue weighted by Gasteiger charge is -2.07. The fourth-order valence-electron chi connectivity index (χ4n) is 3.48. The number of hydrogen-bond donors (Lipinski definition) is 1. The fourth-order valence-corrected chi connectivity index (χ4v) is 3.67. The molecule has 0 bridgehead atoms. The van der Waals surface area contributed by atoms with Gasteiger partial charge in [0.15, 0.2) is 5.76 Å². The van der Waals surface area contributed by atoms with Crippen LogP contribution in [0, 0.1) is 0 Å². The molecule has 5 rings (SSSR count). The molecule has 0 aliphatic carbocycles. The van der Waals surface area contributed by atoms with Gasteiger partial charge < -0.3 is 14.2 Å². The number of nitrogens with one attached hydrogen (secondary N) is 1. The molecule has 1 amide bonds. The number of halogens is 1. The van der Waals surface area contributed by atoms with E-state index in [1.54, 1.807) is 60.7 Å². The Balaban J connectivity index is 1.41.